The number of fused-ring (bicyclic) bond motifs is 3. The van der Waals surface area contributed by atoms with E-state index in [0.29, 0.717) is 17.5 Å². The van der Waals surface area contributed by atoms with Crippen LogP contribution in [0, 0.1) is 0 Å². The summed E-state index contributed by atoms with van der Waals surface area (Å²) in [6, 6.07) is 69.3. The van der Waals surface area contributed by atoms with Gasteiger partial charge < -0.3 is 4.42 Å². The number of para-hydroxylation sites is 2. The predicted octanol–water partition coefficient (Wildman–Crippen LogP) is 13.4. The number of nitrogens with zero attached hydrogens (tertiary/aromatic N) is 3. The number of hydrogen-bond donors (Lipinski definition) is 0. The summed E-state index contributed by atoms with van der Waals surface area (Å²) in [5.74, 6) is 1.89. The third kappa shape index (κ3) is 6.16. The number of hydrogen-bond acceptors (Lipinski definition) is 4. The zero-order valence-corrected chi connectivity index (χ0v) is 29.8. The molecule has 0 bridgehead atoms. The van der Waals surface area contributed by atoms with Crippen molar-refractivity contribution in [3.05, 3.63) is 200 Å². The van der Waals surface area contributed by atoms with Crippen molar-refractivity contribution in [1.82, 2.24) is 15.0 Å². The molecule has 2 aromatic heterocycles. The summed E-state index contributed by atoms with van der Waals surface area (Å²) in [6.45, 7) is 0. The lowest BCUT2D eigenvalue weighted by Gasteiger charge is -2.13. The van der Waals surface area contributed by atoms with Crippen molar-refractivity contribution in [3.8, 4) is 78.7 Å². The van der Waals surface area contributed by atoms with Crippen LogP contribution in [0.4, 0.5) is 0 Å². The van der Waals surface area contributed by atoms with E-state index in [0.717, 1.165) is 72.0 Å². The first-order chi connectivity index (χ1) is 27.2. The van der Waals surface area contributed by atoms with Crippen LogP contribution in [0.1, 0.15) is 0 Å². The Morgan fingerprint density at radius 1 is 0.255 bits per heavy atom. The molecule has 4 nitrogen and oxygen atoms in total. The third-order valence-electron chi connectivity index (χ3n) is 10.2. The van der Waals surface area contributed by atoms with Crippen molar-refractivity contribution < 1.29 is 4.42 Å². The average Bonchev–Trinajstić information content (AvgIpc) is 3.66. The Kier molecular flexibility index (Phi) is 8.12. The van der Waals surface area contributed by atoms with E-state index in [9.17, 15) is 0 Å². The molecule has 2 heterocycles. The monoisotopic (exact) mass is 703 g/mol. The predicted molar refractivity (Wildman–Crippen MR) is 225 cm³/mol. The summed E-state index contributed by atoms with van der Waals surface area (Å²) in [5, 5.41) is 2.26. The number of aromatic nitrogens is 3. The molecular formula is C51H33N3O. The molecule has 0 fully saturated rings. The van der Waals surface area contributed by atoms with E-state index in [4.69, 9.17) is 19.4 Å². The smallest absolute Gasteiger partial charge is 0.164 e. The first-order valence-electron chi connectivity index (χ1n) is 18.4. The second-order valence-electron chi connectivity index (χ2n) is 13.6. The van der Waals surface area contributed by atoms with Gasteiger partial charge in [0.2, 0.25) is 0 Å². The maximum Gasteiger partial charge on any atom is 0.164 e. The van der Waals surface area contributed by atoms with Gasteiger partial charge in [-0.3, -0.25) is 0 Å². The van der Waals surface area contributed by atoms with Crippen LogP contribution in [0.15, 0.2) is 205 Å². The topological polar surface area (TPSA) is 51.8 Å². The van der Waals surface area contributed by atoms with Crippen molar-refractivity contribution in [3.63, 3.8) is 0 Å². The molecule has 4 heteroatoms. The van der Waals surface area contributed by atoms with Crippen LogP contribution in [0.25, 0.3) is 101 Å². The highest BCUT2D eigenvalue weighted by Gasteiger charge is 2.16. The fourth-order valence-corrected chi connectivity index (χ4v) is 7.37. The fraction of sp³-hybridized carbons (Fsp3) is 0. The normalized spacial score (nSPS) is 11.3. The highest BCUT2D eigenvalue weighted by molar-refractivity contribution is 6.09. The van der Waals surface area contributed by atoms with Gasteiger partial charge in [0, 0.05) is 33.0 Å². The summed E-state index contributed by atoms with van der Waals surface area (Å²) >= 11 is 0. The van der Waals surface area contributed by atoms with Gasteiger partial charge in [0.1, 0.15) is 11.2 Å². The van der Waals surface area contributed by atoms with Gasteiger partial charge in [-0.25, -0.2) is 15.0 Å². The molecule has 0 saturated carbocycles. The zero-order chi connectivity index (χ0) is 36.6. The molecule has 55 heavy (non-hydrogen) atoms. The molecule has 0 aliphatic carbocycles. The number of benzene rings is 8. The van der Waals surface area contributed by atoms with Crippen molar-refractivity contribution in [2.24, 2.45) is 0 Å². The van der Waals surface area contributed by atoms with Crippen LogP contribution in [-0.4, -0.2) is 15.0 Å². The van der Waals surface area contributed by atoms with Crippen molar-refractivity contribution in [2.45, 2.75) is 0 Å². The molecule has 0 spiro atoms. The van der Waals surface area contributed by atoms with Crippen LogP contribution in [-0.2, 0) is 0 Å². The van der Waals surface area contributed by atoms with E-state index in [1.54, 1.807) is 0 Å². The maximum atomic E-state index is 6.31. The van der Waals surface area contributed by atoms with Crippen molar-refractivity contribution >= 4 is 21.9 Å². The van der Waals surface area contributed by atoms with Crippen LogP contribution in [0.5, 0.6) is 0 Å². The second kappa shape index (κ2) is 13.8. The van der Waals surface area contributed by atoms with E-state index in [2.05, 4.69) is 146 Å². The summed E-state index contributed by atoms with van der Waals surface area (Å²) < 4.78 is 6.31. The van der Waals surface area contributed by atoms with Crippen molar-refractivity contribution in [2.75, 3.05) is 0 Å². The van der Waals surface area contributed by atoms with Crippen LogP contribution >= 0.6 is 0 Å². The quantitative estimate of drug-likeness (QED) is 0.166. The summed E-state index contributed by atoms with van der Waals surface area (Å²) in [5.41, 5.74) is 13.6. The minimum Gasteiger partial charge on any atom is -0.455 e. The van der Waals surface area contributed by atoms with Gasteiger partial charge in [-0.1, -0.05) is 194 Å². The summed E-state index contributed by atoms with van der Waals surface area (Å²) in [4.78, 5) is 15.2. The minimum absolute atomic E-state index is 0.624. The largest absolute Gasteiger partial charge is 0.455 e. The first-order valence-corrected chi connectivity index (χ1v) is 18.4. The fourth-order valence-electron chi connectivity index (χ4n) is 7.37. The Balaban J connectivity index is 0.989. The minimum atomic E-state index is 0.624. The molecule has 10 aromatic rings. The summed E-state index contributed by atoms with van der Waals surface area (Å²) in [7, 11) is 0. The summed E-state index contributed by atoms with van der Waals surface area (Å²) in [6.07, 6.45) is 0. The van der Waals surface area contributed by atoms with Gasteiger partial charge in [0.15, 0.2) is 17.5 Å². The van der Waals surface area contributed by atoms with E-state index in [1.165, 1.54) is 11.1 Å². The lowest BCUT2D eigenvalue weighted by Crippen LogP contribution is -2.01. The Hall–Kier alpha value is -7.43. The van der Waals surface area contributed by atoms with E-state index in [-0.39, 0.29) is 0 Å². The molecular weight excluding hydrogens is 671 g/mol. The SMILES string of the molecule is c1ccc(-c2ccc(-c3ccccc3-c3nc(-c4ccccc4)nc(-c4ccc(-c5ccc(-c6cccc7c6oc6ccccc67)cc5)cc4)n3)cc2)cc1. The molecule has 0 aliphatic rings. The molecule has 258 valence electrons. The van der Waals surface area contributed by atoms with Crippen molar-refractivity contribution in [1.29, 1.82) is 0 Å². The van der Waals surface area contributed by atoms with E-state index >= 15 is 0 Å². The van der Waals surface area contributed by atoms with Crippen LogP contribution in [0.2, 0.25) is 0 Å². The molecule has 0 N–H and O–H groups in total. The number of furan rings is 1. The van der Waals surface area contributed by atoms with Gasteiger partial charge in [-0.15, -0.1) is 0 Å². The van der Waals surface area contributed by atoms with Gasteiger partial charge >= 0.3 is 0 Å². The molecule has 8 aromatic carbocycles. The molecule has 0 amide bonds. The number of rotatable bonds is 7. The lowest BCUT2D eigenvalue weighted by atomic mass is 9.96. The first kappa shape index (κ1) is 32.2. The molecule has 0 atom stereocenters. The maximum absolute atomic E-state index is 6.31. The van der Waals surface area contributed by atoms with Gasteiger partial charge in [0.05, 0.1) is 0 Å². The van der Waals surface area contributed by atoms with Crippen LogP contribution < -0.4 is 0 Å². The Morgan fingerprint density at radius 2 is 0.655 bits per heavy atom. The van der Waals surface area contributed by atoms with E-state index < -0.39 is 0 Å². The second-order valence-corrected chi connectivity index (χ2v) is 13.6. The standard InChI is InChI=1S/C51H33N3O/c1-3-12-34(13-4-1)35-22-28-38(29-23-35)42-16-7-8-18-46(42)51-53-49(40-14-5-2-6-15-40)52-50(54-51)41-32-26-37(27-33-41)36-24-30-39(31-25-36)43-19-11-20-45-44-17-9-10-21-47(44)55-48(43)45/h1-33H. The molecule has 0 unspecified atom stereocenters. The highest BCUT2D eigenvalue weighted by Crippen LogP contribution is 2.37. The van der Waals surface area contributed by atoms with Crippen LogP contribution in [0.3, 0.4) is 0 Å². The third-order valence-corrected chi connectivity index (χ3v) is 10.2. The van der Waals surface area contributed by atoms with Gasteiger partial charge in [0.25, 0.3) is 0 Å². The Bertz CT molecular complexity index is 2930. The van der Waals surface area contributed by atoms with E-state index in [1.807, 2.05) is 54.6 Å². The highest BCUT2D eigenvalue weighted by atomic mass is 16.3. The zero-order valence-electron chi connectivity index (χ0n) is 29.8. The lowest BCUT2D eigenvalue weighted by molar-refractivity contribution is 0.670. The molecule has 0 radical (unpaired) electrons. The van der Waals surface area contributed by atoms with Gasteiger partial charge in [-0.05, 0) is 45.0 Å². The van der Waals surface area contributed by atoms with Gasteiger partial charge in [-0.2, -0.15) is 0 Å². The molecule has 0 saturated heterocycles. The Labute approximate surface area is 319 Å². The average molecular weight is 704 g/mol. The Morgan fingerprint density at radius 3 is 1.29 bits per heavy atom. The molecule has 0 aliphatic heterocycles. The molecule has 10 rings (SSSR count).